The molecule has 0 saturated heterocycles. The predicted octanol–water partition coefficient (Wildman–Crippen LogP) is 4.46. The molecule has 2 N–H and O–H groups in total. The number of nitrogens with zero attached hydrogens (tertiary/aromatic N) is 2. The maximum absolute atomic E-state index is 5.94. The normalized spacial score (nSPS) is 12.7. The van der Waals surface area contributed by atoms with Gasteiger partial charge in [-0.25, -0.2) is 4.99 Å². The number of guanidine groups is 1. The molecule has 0 aliphatic rings. The third-order valence-electron chi connectivity index (χ3n) is 4.74. The third-order valence-corrected chi connectivity index (χ3v) is 4.74. The van der Waals surface area contributed by atoms with Crippen LogP contribution in [0.15, 0.2) is 71.9 Å². The first-order valence-electron chi connectivity index (χ1n) is 10.3. The van der Waals surface area contributed by atoms with Gasteiger partial charge in [0.1, 0.15) is 0 Å². The van der Waals surface area contributed by atoms with Gasteiger partial charge in [0.2, 0.25) is 0 Å². The van der Waals surface area contributed by atoms with Gasteiger partial charge in [-0.05, 0) is 37.3 Å². The Hall–Kier alpha value is -2.92. The number of ether oxygens (including phenoxy) is 1. The van der Waals surface area contributed by atoms with Gasteiger partial charge in [0.15, 0.2) is 5.96 Å². The standard InChI is InChI=1S/C24H30N4O/c1-3-25-24(27-15-9-17-29-19(2)20-10-5-4-6-11-20)28-18-23-22-13-8-7-12-21(22)14-16-26-23/h4-8,10-14,16,19H,3,9,15,17-18H2,1-2H3,(H2,25,27,28). The molecule has 0 aliphatic carbocycles. The Labute approximate surface area is 173 Å². The topological polar surface area (TPSA) is 58.5 Å². The largest absolute Gasteiger partial charge is 0.374 e. The van der Waals surface area contributed by atoms with E-state index >= 15 is 0 Å². The van der Waals surface area contributed by atoms with Crippen molar-refractivity contribution in [1.82, 2.24) is 15.6 Å². The van der Waals surface area contributed by atoms with Crippen LogP contribution < -0.4 is 10.6 Å². The van der Waals surface area contributed by atoms with E-state index in [0.29, 0.717) is 13.2 Å². The highest BCUT2D eigenvalue weighted by atomic mass is 16.5. The molecule has 1 heterocycles. The Morgan fingerprint density at radius 2 is 1.83 bits per heavy atom. The van der Waals surface area contributed by atoms with Crippen LogP contribution in [0.3, 0.4) is 0 Å². The Bertz CT molecular complexity index is 906. The highest BCUT2D eigenvalue weighted by molar-refractivity contribution is 5.85. The molecule has 1 atom stereocenters. The van der Waals surface area contributed by atoms with E-state index in [0.717, 1.165) is 36.6 Å². The monoisotopic (exact) mass is 390 g/mol. The van der Waals surface area contributed by atoms with E-state index in [1.54, 1.807) is 0 Å². The van der Waals surface area contributed by atoms with Crippen molar-refractivity contribution in [3.8, 4) is 0 Å². The molecule has 5 nitrogen and oxygen atoms in total. The minimum Gasteiger partial charge on any atom is -0.374 e. The number of nitrogens with one attached hydrogen (secondary N) is 2. The number of hydrogen-bond acceptors (Lipinski definition) is 3. The van der Waals surface area contributed by atoms with Crippen LogP contribution in [0.4, 0.5) is 0 Å². The second kappa shape index (κ2) is 11.2. The minimum atomic E-state index is 0.107. The van der Waals surface area contributed by atoms with E-state index < -0.39 is 0 Å². The van der Waals surface area contributed by atoms with Gasteiger partial charge in [0, 0.05) is 31.3 Å². The zero-order chi connectivity index (χ0) is 20.3. The Balaban J connectivity index is 1.48. The van der Waals surface area contributed by atoms with E-state index in [4.69, 9.17) is 9.73 Å². The van der Waals surface area contributed by atoms with E-state index in [1.807, 2.05) is 42.6 Å². The molecular formula is C24H30N4O. The molecule has 0 aliphatic heterocycles. The predicted molar refractivity (Wildman–Crippen MR) is 120 cm³/mol. The molecule has 29 heavy (non-hydrogen) atoms. The number of aromatic nitrogens is 1. The molecule has 5 heteroatoms. The van der Waals surface area contributed by atoms with Crippen molar-refractivity contribution in [2.45, 2.75) is 32.9 Å². The van der Waals surface area contributed by atoms with Gasteiger partial charge in [-0.15, -0.1) is 0 Å². The fourth-order valence-corrected chi connectivity index (χ4v) is 3.16. The molecule has 0 amide bonds. The zero-order valence-corrected chi connectivity index (χ0v) is 17.3. The zero-order valence-electron chi connectivity index (χ0n) is 17.3. The van der Waals surface area contributed by atoms with E-state index in [2.05, 4.69) is 53.7 Å². The highest BCUT2D eigenvalue weighted by Gasteiger charge is 2.05. The number of rotatable bonds is 9. The van der Waals surface area contributed by atoms with Crippen molar-refractivity contribution in [1.29, 1.82) is 0 Å². The van der Waals surface area contributed by atoms with Gasteiger partial charge < -0.3 is 15.4 Å². The average molecular weight is 391 g/mol. The van der Waals surface area contributed by atoms with Gasteiger partial charge in [0.25, 0.3) is 0 Å². The molecule has 0 radical (unpaired) electrons. The SMILES string of the molecule is CCNC(=NCc1nccc2ccccc12)NCCCOC(C)c1ccccc1. The molecule has 1 aromatic heterocycles. The van der Waals surface area contributed by atoms with Crippen LogP contribution in [0.1, 0.15) is 37.6 Å². The quantitative estimate of drug-likeness (QED) is 0.322. The first-order chi connectivity index (χ1) is 14.3. The summed E-state index contributed by atoms with van der Waals surface area (Å²) in [4.78, 5) is 9.22. The summed E-state index contributed by atoms with van der Waals surface area (Å²) in [5, 5.41) is 9.02. The Morgan fingerprint density at radius 1 is 1.03 bits per heavy atom. The smallest absolute Gasteiger partial charge is 0.191 e. The maximum Gasteiger partial charge on any atom is 0.191 e. The number of fused-ring (bicyclic) bond motifs is 1. The summed E-state index contributed by atoms with van der Waals surface area (Å²) in [6.07, 6.45) is 2.86. The molecule has 2 aromatic carbocycles. The van der Waals surface area contributed by atoms with Crippen molar-refractivity contribution >= 4 is 16.7 Å². The van der Waals surface area contributed by atoms with E-state index in [1.165, 1.54) is 10.9 Å². The molecular weight excluding hydrogens is 360 g/mol. The first-order valence-corrected chi connectivity index (χ1v) is 10.3. The summed E-state index contributed by atoms with van der Waals surface area (Å²) in [6, 6.07) is 20.6. The number of hydrogen-bond donors (Lipinski definition) is 2. The van der Waals surface area contributed by atoms with Crippen LogP contribution in [-0.4, -0.2) is 30.6 Å². The van der Waals surface area contributed by atoms with E-state index in [-0.39, 0.29) is 6.10 Å². The van der Waals surface area contributed by atoms with Gasteiger partial charge >= 0.3 is 0 Å². The van der Waals surface area contributed by atoms with E-state index in [9.17, 15) is 0 Å². The van der Waals surface area contributed by atoms with Gasteiger partial charge in [-0.2, -0.15) is 0 Å². The summed E-state index contributed by atoms with van der Waals surface area (Å²) in [5.74, 6) is 0.804. The summed E-state index contributed by atoms with van der Waals surface area (Å²) in [5.41, 5.74) is 2.19. The Morgan fingerprint density at radius 3 is 2.66 bits per heavy atom. The third kappa shape index (κ3) is 6.29. The second-order valence-corrected chi connectivity index (χ2v) is 6.88. The maximum atomic E-state index is 5.94. The van der Waals surface area contributed by atoms with Crippen molar-refractivity contribution in [2.24, 2.45) is 4.99 Å². The van der Waals surface area contributed by atoms with Crippen LogP contribution in [-0.2, 0) is 11.3 Å². The molecule has 3 rings (SSSR count). The van der Waals surface area contributed by atoms with Crippen LogP contribution in [0.2, 0.25) is 0 Å². The van der Waals surface area contributed by atoms with Crippen molar-refractivity contribution in [3.05, 3.63) is 78.1 Å². The lowest BCUT2D eigenvalue weighted by atomic mass is 10.1. The van der Waals surface area contributed by atoms with Crippen molar-refractivity contribution in [2.75, 3.05) is 19.7 Å². The number of aliphatic imine (C=N–C) groups is 1. The molecule has 0 spiro atoms. The molecule has 3 aromatic rings. The fraction of sp³-hybridized carbons (Fsp3) is 0.333. The first kappa shape index (κ1) is 20.8. The summed E-state index contributed by atoms with van der Waals surface area (Å²) in [6.45, 7) is 7.02. The average Bonchev–Trinajstić information content (AvgIpc) is 2.77. The molecule has 0 fully saturated rings. The lowest BCUT2D eigenvalue weighted by molar-refractivity contribution is 0.0646. The summed E-state index contributed by atoms with van der Waals surface area (Å²) >= 11 is 0. The second-order valence-electron chi connectivity index (χ2n) is 6.88. The highest BCUT2D eigenvalue weighted by Crippen LogP contribution is 2.17. The van der Waals surface area contributed by atoms with Gasteiger partial charge in [0.05, 0.1) is 18.3 Å². The van der Waals surface area contributed by atoms with Crippen LogP contribution >= 0.6 is 0 Å². The van der Waals surface area contributed by atoms with Crippen LogP contribution in [0, 0.1) is 0 Å². The fourth-order valence-electron chi connectivity index (χ4n) is 3.16. The van der Waals surface area contributed by atoms with Gasteiger partial charge in [-0.1, -0.05) is 54.6 Å². The van der Waals surface area contributed by atoms with Gasteiger partial charge in [-0.3, -0.25) is 4.98 Å². The molecule has 1 unspecified atom stereocenters. The molecule has 0 bridgehead atoms. The number of benzene rings is 2. The van der Waals surface area contributed by atoms with Crippen molar-refractivity contribution in [3.63, 3.8) is 0 Å². The molecule has 0 saturated carbocycles. The van der Waals surface area contributed by atoms with Crippen molar-refractivity contribution < 1.29 is 4.74 Å². The van der Waals surface area contributed by atoms with Crippen LogP contribution in [0.25, 0.3) is 10.8 Å². The lowest BCUT2D eigenvalue weighted by Gasteiger charge is -2.15. The Kier molecular flexibility index (Phi) is 8.01. The minimum absolute atomic E-state index is 0.107. The summed E-state index contributed by atoms with van der Waals surface area (Å²) in [7, 11) is 0. The lowest BCUT2D eigenvalue weighted by Crippen LogP contribution is -2.38. The number of pyridine rings is 1. The van der Waals surface area contributed by atoms with Crippen LogP contribution in [0.5, 0.6) is 0 Å². The molecule has 152 valence electrons. The summed E-state index contributed by atoms with van der Waals surface area (Å²) < 4.78 is 5.94.